The molecule has 0 amide bonds. The van der Waals surface area contributed by atoms with E-state index < -0.39 is 5.67 Å². The molecule has 0 spiro atoms. The van der Waals surface area contributed by atoms with Crippen LogP contribution < -0.4 is 0 Å². The van der Waals surface area contributed by atoms with Crippen molar-refractivity contribution in [2.24, 2.45) is 0 Å². The van der Waals surface area contributed by atoms with E-state index in [1.807, 2.05) is 5.38 Å². The Bertz CT molecular complexity index is 284. The first kappa shape index (κ1) is 10.1. The standard InChI is InChI=1S/C10H15FN2S/c1-10(11)3-2-5-13(8-10)7-9-12-4-6-14-9/h4,6H,2-3,5,7-8H2,1H3/t10-/m0/s1. The van der Waals surface area contributed by atoms with E-state index in [0.29, 0.717) is 13.0 Å². The molecule has 2 heterocycles. The van der Waals surface area contributed by atoms with Crippen LogP contribution in [0.1, 0.15) is 24.8 Å². The summed E-state index contributed by atoms with van der Waals surface area (Å²) in [6.07, 6.45) is 3.46. The van der Waals surface area contributed by atoms with Gasteiger partial charge in [-0.3, -0.25) is 4.90 Å². The van der Waals surface area contributed by atoms with Crippen molar-refractivity contribution in [3.8, 4) is 0 Å². The maximum atomic E-state index is 13.7. The second-order valence-corrected chi connectivity index (χ2v) is 5.13. The van der Waals surface area contributed by atoms with Gasteiger partial charge in [-0.2, -0.15) is 0 Å². The van der Waals surface area contributed by atoms with E-state index in [2.05, 4.69) is 9.88 Å². The summed E-state index contributed by atoms with van der Waals surface area (Å²) in [5, 5.41) is 3.05. The lowest BCUT2D eigenvalue weighted by molar-refractivity contribution is 0.0563. The summed E-state index contributed by atoms with van der Waals surface area (Å²) in [7, 11) is 0. The SMILES string of the molecule is C[C@]1(F)CCCN(Cc2nccs2)C1. The number of alkyl halides is 1. The highest BCUT2D eigenvalue weighted by atomic mass is 32.1. The van der Waals surface area contributed by atoms with E-state index in [9.17, 15) is 4.39 Å². The van der Waals surface area contributed by atoms with Crippen LogP contribution in [-0.4, -0.2) is 28.6 Å². The van der Waals surface area contributed by atoms with Gasteiger partial charge in [-0.15, -0.1) is 11.3 Å². The molecule has 4 heteroatoms. The minimum Gasteiger partial charge on any atom is -0.294 e. The first-order valence-electron chi connectivity index (χ1n) is 4.95. The fourth-order valence-electron chi connectivity index (χ4n) is 1.95. The molecule has 0 bridgehead atoms. The van der Waals surface area contributed by atoms with E-state index in [0.717, 1.165) is 24.5 Å². The number of likely N-dealkylation sites (tertiary alicyclic amines) is 1. The van der Waals surface area contributed by atoms with Crippen LogP contribution in [0.4, 0.5) is 4.39 Å². The van der Waals surface area contributed by atoms with Crippen molar-refractivity contribution in [3.63, 3.8) is 0 Å². The largest absolute Gasteiger partial charge is 0.294 e. The topological polar surface area (TPSA) is 16.1 Å². The first-order chi connectivity index (χ1) is 6.66. The van der Waals surface area contributed by atoms with Crippen molar-refractivity contribution in [2.75, 3.05) is 13.1 Å². The van der Waals surface area contributed by atoms with Gasteiger partial charge in [-0.1, -0.05) is 0 Å². The van der Waals surface area contributed by atoms with Crippen molar-refractivity contribution in [2.45, 2.75) is 32.0 Å². The minimum atomic E-state index is -1.00. The number of nitrogens with zero attached hydrogens (tertiary/aromatic N) is 2. The number of piperidine rings is 1. The number of rotatable bonds is 2. The van der Waals surface area contributed by atoms with Crippen LogP contribution in [0.2, 0.25) is 0 Å². The second kappa shape index (κ2) is 3.95. The summed E-state index contributed by atoms with van der Waals surface area (Å²) >= 11 is 1.64. The van der Waals surface area contributed by atoms with Gasteiger partial charge in [-0.05, 0) is 26.3 Å². The molecule has 1 saturated heterocycles. The Balaban J connectivity index is 1.92. The van der Waals surface area contributed by atoms with Gasteiger partial charge in [0.2, 0.25) is 0 Å². The molecule has 78 valence electrons. The highest BCUT2D eigenvalue weighted by Crippen LogP contribution is 2.25. The molecule has 0 aliphatic carbocycles. The summed E-state index contributed by atoms with van der Waals surface area (Å²) in [6.45, 7) is 4.05. The highest BCUT2D eigenvalue weighted by Gasteiger charge is 2.30. The van der Waals surface area contributed by atoms with Gasteiger partial charge in [0, 0.05) is 18.1 Å². The van der Waals surface area contributed by atoms with E-state index in [4.69, 9.17) is 0 Å². The predicted octanol–water partition coefficient (Wildman–Crippen LogP) is 2.47. The van der Waals surface area contributed by atoms with Crippen molar-refractivity contribution in [3.05, 3.63) is 16.6 Å². The molecule has 0 saturated carbocycles. The van der Waals surface area contributed by atoms with Crippen molar-refractivity contribution < 1.29 is 4.39 Å². The Kier molecular flexibility index (Phi) is 2.83. The third-order valence-corrected chi connectivity index (χ3v) is 3.33. The predicted molar refractivity (Wildman–Crippen MR) is 56.1 cm³/mol. The van der Waals surface area contributed by atoms with Gasteiger partial charge in [0.05, 0.1) is 6.54 Å². The van der Waals surface area contributed by atoms with Crippen LogP contribution in [0, 0.1) is 0 Å². The van der Waals surface area contributed by atoms with E-state index in [1.54, 1.807) is 24.5 Å². The molecule has 1 aromatic heterocycles. The summed E-state index contributed by atoms with van der Waals surface area (Å²) in [4.78, 5) is 6.37. The third-order valence-electron chi connectivity index (χ3n) is 2.57. The fraction of sp³-hybridized carbons (Fsp3) is 0.700. The van der Waals surface area contributed by atoms with Gasteiger partial charge in [-0.25, -0.2) is 9.37 Å². The van der Waals surface area contributed by atoms with Crippen molar-refractivity contribution in [1.82, 2.24) is 9.88 Å². The Labute approximate surface area is 87.8 Å². The maximum Gasteiger partial charge on any atom is 0.120 e. The van der Waals surface area contributed by atoms with E-state index in [-0.39, 0.29) is 0 Å². The third kappa shape index (κ3) is 2.51. The van der Waals surface area contributed by atoms with Crippen LogP contribution in [0.25, 0.3) is 0 Å². The summed E-state index contributed by atoms with van der Waals surface area (Å²) in [6, 6.07) is 0. The zero-order chi connectivity index (χ0) is 10.0. The Morgan fingerprint density at radius 1 is 1.71 bits per heavy atom. The zero-order valence-electron chi connectivity index (χ0n) is 8.37. The molecule has 0 aromatic carbocycles. The smallest absolute Gasteiger partial charge is 0.120 e. The van der Waals surface area contributed by atoms with Gasteiger partial charge >= 0.3 is 0 Å². The fourth-order valence-corrected chi connectivity index (χ4v) is 2.61. The number of hydrogen-bond acceptors (Lipinski definition) is 3. The normalized spacial score (nSPS) is 29.3. The molecular formula is C10H15FN2S. The molecule has 0 radical (unpaired) electrons. The van der Waals surface area contributed by atoms with Crippen molar-refractivity contribution >= 4 is 11.3 Å². The second-order valence-electron chi connectivity index (χ2n) is 4.15. The number of aromatic nitrogens is 1. The van der Waals surface area contributed by atoms with Gasteiger partial charge in [0.1, 0.15) is 10.7 Å². The maximum absolute atomic E-state index is 13.7. The van der Waals surface area contributed by atoms with E-state index in [1.165, 1.54) is 0 Å². The molecule has 1 aromatic rings. The molecule has 14 heavy (non-hydrogen) atoms. The average Bonchev–Trinajstić information content (AvgIpc) is 2.54. The molecule has 2 rings (SSSR count). The molecule has 0 unspecified atom stereocenters. The van der Waals surface area contributed by atoms with Crippen LogP contribution in [0.3, 0.4) is 0 Å². The lowest BCUT2D eigenvalue weighted by atomic mass is 9.97. The Hall–Kier alpha value is -0.480. The minimum absolute atomic E-state index is 0.548. The number of hydrogen-bond donors (Lipinski definition) is 0. The van der Waals surface area contributed by atoms with Gasteiger partial charge in [0.25, 0.3) is 0 Å². The van der Waals surface area contributed by atoms with E-state index >= 15 is 0 Å². The van der Waals surface area contributed by atoms with Crippen LogP contribution >= 0.6 is 11.3 Å². The molecule has 1 fully saturated rings. The summed E-state index contributed by atoms with van der Waals surface area (Å²) < 4.78 is 13.7. The zero-order valence-corrected chi connectivity index (χ0v) is 9.19. The average molecular weight is 214 g/mol. The van der Waals surface area contributed by atoms with Crippen LogP contribution in [0.5, 0.6) is 0 Å². The van der Waals surface area contributed by atoms with Gasteiger partial charge in [0.15, 0.2) is 0 Å². The summed E-state index contributed by atoms with van der Waals surface area (Å²) in [5.74, 6) is 0. The number of halogens is 1. The van der Waals surface area contributed by atoms with Gasteiger partial charge < -0.3 is 0 Å². The molecule has 1 atom stereocenters. The van der Waals surface area contributed by atoms with Crippen LogP contribution in [-0.2, 0) is 6.54 Å². The molecule has 0 N–H and O–H groups in total. The van der Waals surface area contributed by atoms with Crippen LogP contribution in [0.15, 0.2) is 11.6 Å². The van der Waals surface area contributed by atoms with Crippen molar-refractivity contribution in [1.29, 1.82) is 0 Å². The monoisotopic (exact) mass is 214 g/mol. The Morgan fingerprint density at radius 2 is 2.57 bits per heavy atom. The number of thiazole rings is 1. The Morgan fingerprint density at radius 3 is 3.21 bits per heavy atom. The lowest BCUT2D eigenvalue weighted by Gasteiger charge is -2.34. The first-order valence-corrected chi connectivity index (χ1v) is 5.83. The molecular weight excluding hydrogens is 199 g/mol. The lowest BCUT2D eigenvalue weighted by Crippen LogP contribution is -2.42. The highest BCUT2D eigenvalue weighted by molar-refractivity contribution is 7.09. The summed E-state index contributed by atoms with van der Waals surface area (Å²) in [5.41, 5.74) is -1.00. The molecule has 1 aliphatic rings. The quantitative estimate of drug-likeness (QED) is 0.752. The molecule has 2 nitrogen and oxygen atoms in total. The molecule has 1 aliphatic heterocycles.